The highest BCUT2D eigenvalue weighted by atomic mass is 28.4. The first-order valence-electron chi connectivity index (χ1n) is 11.3. The lowest BCUT2D eigenvalue weighted by Gasteiger charge is -2.36. The summed E-state index contributed by atoms with van der Waals surface area (Å²) in [6.07, 6.45) is 14.5. The standard InChI is InChI=1S/C21H50N2O3Si/c1-6-7-8-9-10-11-12-13-14-15-17-22(2,3)19-20-23(4,5)18-16-21-27(24,25)26/h24-26H,6-21H2,1-5H3/q+2. The fourth-order valence-corrected chi connectivity index (χ4v) is 4.17. The number of nitrogens with zero attached hydrogens (tertiary/aromatic N) is 2. The zero-order valence-electron chi connectivity index (χ0n) is 19.0. The molecule has 0 aromatic rings. The predicted molar refractivity (Wildman–Crippen MR) is 117 cm³/mol. The number of unbranched alkanes of at least 4 members (excludes halogenated alkanes) is 9. The molecule has 6 heteroatoms. The Hall–Kier alpha value is 0.0169. The molecule has 0 aromatic heterocycles. The highest BCUT2D eigenvalue weighted by Gasteiger charge is 2.28. The van der Waals surface area contributed by atoms with Crippen LogP contribution in [0.15, 0.2) is 0 Å². The van der Waals surface area contributed by atoms with E-state index < -0.39 is 8.80 Å². The molecule has 0 saturated carbocycles. The molecule has 0 aliphatic heterocycles. The molecule has 0 bridgehead atoms. The molecule has 0 saturated heterocycles. The average Bonchev–Trinajstić information content (AvgIpc) is 2.53. The number of hydrogen-bond acceptors (Lipinski definition) is 3. The van der Waals surface area contributed by atoms with Gasteiger partial charge in [0.15, 0.2) is 0 Å². The molecule has 3 N–H and O–H groups in total. The Labute approximate surface area is 170 Å². The largest absolute Gasteiger partial charge is 0.492 e. The third-order valence-corrected chi connectivity index (χ3v) is 6.73. The molecule has 0 spiro atoms. The second-order valence-electron chi connectivity index (χ2n) is 9.83. The third-order valence-electron chi connectivity index (χ3n) is 5.70. The maximum absolute atomic E-state index is 9.14. The van der Waals surface area contributed by atoms with Crippen molar-refractivity contribution in [2.24, 2.45) is 0 Å². The van der Waals surface area contributed by atoms with Crippen molar-refractivity contribution in [1.29, 1.82) is 0 Å². The Morgan fingerprint density at radius 2 is 0.889 bits per heavy atom. The van der Waals surface area contributed by atoms with Crippen LogP contribution in [0.5, 0.6) is 0 Å². The first-order valence-corrected chi connectivity index (χ1v) is 13.3. The highest BCUT2D eigenvalue weighted by molar-refractivity contribution is 6.56. The number of quaternary nitrogens is 2. The summed E-state index contributed by atoms with van der Waals surface area (Å²) in [5, 5.41) is 0. The topological polar surface area (TPSA) is 60.7 Å². The van der Waals surface area contributed by atoms with Gasteiger partial charge in [-0.15, -0.1) is 0 Å². The van der Waals surface area contributed by atoms with Gasteiger partial charge in [-0.05, 0) is 12.8 Å². The lowest BCUT2D eigenvalue weighted by Crippen LogP contribution is -2.51. The minimum Gasteiger partial charge on any atom is -0.390 e. The van der Waals surface area contributed by atoms with E-state index in [-0.39, 0.29) is 6.04 Å². The Morgan fingerprint density at radius 1 is 0.519 bits per heavy atom. The summed E-state index contributed by atoms with van der Waals surface area (Å²) in [4.78, 5) is 27.4. The van der Waals surface area contributed by atoms with Gasteiger partial charge < -0.3 is 23.4 Å². The van der Waals surface area contributed by atoms with Crippen LogP contribution in [-0.4, -0.2) is 86.5 Å². The lowest BCUT2D eigenvalue weighted by atomic mass is 10.1. The molecule has 0 aromatic carbocycles. The summed E-state index contributed by atoms with van der Waals surface area (Å²) in [6.45, 7) is 6.58. The molecule has 164 valence electrons. The molecule has 0 aliphatic rings. The molecule has 0 atom stereocenters. The van der Waals surface area contributed by atoms with Crippen LogP contribution in [0.3, 0.4) is 0 Å². The fraction of sp³-hybridized carbons (Fsp3) is 1.00. The van der Waals surface area contributed by atoms with Gasteiger partial charge in [-0.25, -0.2) is 0 Å². The molecule has 0 radical (unpaired) electrons. The quantitative estimate of drug-likeness (QED) is 0.186. The van der Waals surface area contributed by atoms with E-state index in [1.165, 1.54) is 70.8 Å². The van der Waals surface area contributed by atoms with Gasteiger partial charge in [-0.3, -0.25) is 0 Å². The van der Waals surface area contributed by atoms with Gasteiger partial charge in [0, 0.05) is 12.5 Å². The summed E-state index contributed by atoms with van der Waals surface area (Å²) in [5.41, 5.74) is 0. The van der Waals surface area contributed by atoms with Crippen molar-refractivity contribution in [3.63, 3.8) is 0 Å². The molecule has 27 heavy (non-hydrogen) atoms. The van der Waals surface area contributed by atoms with Gasteiger partial charge in [0.2, 0.25) is 0 Å². The van der Waals surface area contributed by atoms with Gasteiger partial charge in [0.05, 0.1) is 41.3 Å². The Morgan fingerprint density at radius 3 is 1.30 bits per heavy atom. The molecule has 0 fully saturated rings. The van der Waals surface area contributed by atoms with E-state index >= 15 is 0 Å². The van der Waals surface area contributed by atoms with E-state index in [1.807, 2.05) is 0 Å². The van der Waals surface area contributed by atoms with Gasteiger partial charge in [0.1, 0.15) is 13.1 Å². The molecule has 0 heterocycles. The van der Waals surface area contributed by atoms with Crippen molar-refractivity contribution < 1.29 is 23.4 Å². The summed E-state index contributed by atoms with van der Waals surface area (Å²) in [5.74, 6) is 0. The Kier molecular flexibility index (Phi) is 14.1. The van der Waals surface area contributed by atoms with Crippen molar-refractivity contribution in [1.82, 2.24) is 0 Å². The molecule has 0 amide bonds. The normalized spacial score (nSPS) is 13.3. The number of rotatable bonds is 18. The monoisotopic (exact) mass is 406 g/mol. The van der Waals surface area contributed by atoms with Crippen molar-refractivity contribution in [3.05, 3.63) is 0 Å². The van der Waals surface area contributed by atoms with Gasteiger partial charge in [-0.2, -0.15) is 0 Å². The SMILES string of the molecule is CCCCCCCCCCCC[N+](C)(C)CC[N+](C)(C)CCC[Si](O)(O)O. The zero-order valence-corrected chi connectivity index (χ0v) is 20.0. The van der Waals surface area contributed by atoms with E-state index in [2.05, 4.69) is 35.1 Å². The fourth-order valence-electron chi connectivity index (χ4n) is 3.54. The molecule has 0 aliphatic carbocycles. The number of hydrogen-bond donors (Lipinski definition) is 3. The van der Waals surface area contributed by atoms with E-state index in [1.54, 1.807) is 0 Å². The van der Waals surface area contributed by atoms with Crippen molar-refractivity contribution >= 4 is 8.80 Å². The average molecular weight is 407 g/mol. The van der Waals surface area contributed by atoms with Gasteiger partial charge in [-0.1, -0.05) is 58.3 Å². The smallest absolute Gasteiger partial charge is 0.390 e. The summed E-state index contributed by atoms with van der Waals surface area (Å²) in [6, 6.07) is 0.144. The minimum atomic E-state index is -3.87. The van der Waals surface area contributed by atoms with Crippen LogP contribution in [0.2, 0.25) is 6.04 Å². The van der Waals surface area contributed by atoms with Gasteiger partial charge >= 0.3 is 8.80 Å². The maximum atomic E-state index is 9.14. The second kappa shape index (κ2) is 14.1. The molecule has 5 nitrogen and oxygen atoms in total. The highest BCUT2D eigenvalue weighted by Crippen LogP contribution is 2.13. The molecule has 0 unspecified atom stereocenters. The van der Waals surface area contributed by atoms with Crippen molar-refractivity contribution in [2.45, 2.75) is 83.6 Å². The van der Waals surface area contributed by atoms with Crippen LogP contribution in [-0.2, 0) is 0 Å². The second-order valence-corrected chi connectivity index (χ2v) is 11.9. The Bertz CT molecular complexity index is 358. The van der Waals surface area contributed by atoms with Crippen molar-refractivity contribution in [3.8, 4) is 0 Å². The van der Waals surface area contributed by atoms with E-state index in [4.69, 9.17) is 14.4 Å². The first-order chi connectivity index (χ1) is 12.5. The minimum absolute atomic E-state index is 0.144. The van der Waals surface area contributed by atoms with Crippen LogP contribution in [0.25, 0.3) is 0 Å². The van der Waals surface area contributed by atoms with E-state index in [9.17, 15) is 0 Å². The van der Waals surface area contributed by atoms with Crippen LogP contribution < -0.4 is 0 Å². The molecular formula is C21H50N2O3Si+2. The first kappa shape index (κ1) is 27.0. The summed E-state index contributed by atoms with van der Waals surface area (Å²) in [7, 11) is 5.15. The van der Waals surface area contributed by atoms with Gasteiger partial charge in [0.25, 0.3) is 0 Å². The number of likely N-dealkylation sites (N-methyl/N-ethyl adjacent to an activating group) is 2. The van der Waals surface area contributed by atoms with Crippen LogP contribution in [0, 0.1) is 0 Å². The predicted octanol–water partition coefficient (Wildman–Crippen LogP) is 3.37. The zero-order chi connectivity index (χ0) is 20.8. The molecular weight excluding hydrogens is 356 g/mol. The molecule has 0 rings (SSSR count). The van der Waals surface area contributed by atoms with E-state index in [0.29, 0.717) is 6.42 Å². The van der Waals surface area contributed by atoms with E-state index in [0.717, 1.165) is 28.6 Å². The lowest BCUT2D eigenvalue weighted by molar-refractivity contribution is -0.946. The van der Waals surface area contributed by atoms with Crippen LogP contribution in [0.4, 0.5) is 0 Å². The van der Waals surface area contributed by atoms with Crippen LogP contribution >= 0.6 is 0 Å². The van der Waals surface area contributed by atoms with Crippen LogP contribution in [0.1, 0.15) is 77.6 Å². The van der Waals surface area contributed by atoms with Crippen molar-refractivity contribution in [2.75, 3.05) is 54.4 Å². The summed E-state index contributed by atoms with van der Waals surface area (Å²) >= 11 is 0. The Balaban J connectivity index is 3.75. The maximum Gasteiger partial charge on any atom is 0.492 e. The third kappa shape index (κ3) is 19.1. The summed E-state index contributed by atoms with van der Waals surface area (Å²) < 4.78 is 1.92.